The van der Waals surface area contributed by atoms with Crippen LogP contribution in [0, 0.1) is 0 Å². The van der Waals surface area contributed by atoms with Gasteiger partial charge >= 0.3 is 0 Å². The Morgan fingerprint density at radius 3 is 2.35 bits per heavy atom. The van der Waals surface area contributed by atoms with Crippen LogP contribution in [-0.4, -0.2) is 58.5 Å². The summed E-state index contributed by atoms with van der Waals surface area (Å²) in [7, 11) is -0.350. The summed E-state index contributed by atoms with van der Waals surface area (Å²) in [5.74, 6) is -1.73. The normalized spacial score (nSPS) is 30.9. The van der Waals surface area contributed by atoms with Crippen LogP contribution in [0.1, 0.15) is 46.6 Å². The van der Waals surface area contributed by atoms with Crippen LogP contribution in [0.2, 0.25) is 18.1 Å². The molecule has 2 fully saturated rings. The van der Waals surface area contributed by atoms with Gasteiger partial charge in [0.15, 0.2) is 14.1 Å². The van der Waals surface area contributed by atoms with E-state index in [2.05, 4.69) is 46.0 Å². The van der Waals surface area contributed by atoms with Gasteiger partial charge in [0.25, 0.3) is 0 Å². The predicted molar refractivity (Wildman–Crippen MR) is 122 cm³/mol. The van der Waals surface area contributed by atoms with Crippen LogP contribution in [0.3, 0.4) is 0 Å². The fraction of sp³-hybridized carbons (Fsp3) is 0.750. The van der Waals surface area contributed by atoms with Crippen LogP contribution in [0.4, 0.5) is 0 Å². The molecule has 1 aromatic rings. The maximum absolute atomic E-state index is 6.54. The number of hydrogen-bond donors (Lipinski definition) is 0. The van der Waals surface area contributed by atoms with E-state index in [9.17, 15) is 0 Å². The molecule has 3 rings (SSSR count). The van der Waals surface area contributed by atoms with Crippen LogP contribution in [0.25, 0.3) is 0 Å². The molecule has 0 radical (unpaired) electrons. The SMILES string of the molecule is CO[C@]1(CO[Si](C)(C)C(C)(C)C)O[C@@H](COCc2ccccc2)C[C@H]2OC(C)(C)O[C@H]21. The summed E-state index contributed by atoms with van der Waals surface area (Å²) in [6.07, 6.45) is 0.0128. The van der Waals surface area contributed by atoms with Gasteiger partial charge in [-0.15, -0.1) is 0 Å². The summed E-state index contributed by atoms with van der Waals surface area (Å²) in [5.41, 5.74) is 1.14. The van der Waals surface area contributed by atoms with Crippen molar-refractivity contribution < 1.29 is 28.1 Å². The smallest absolute Gasteiger partial charge is 0.220 e. The number of methoxy groups -OCH3 is 1. The van der Waals surface area contributed by atoms with E-state index in [1.807, 2.05) is 32.0 Å². The third kappa shape index (κ3) is 5.77. The molecule has 0 N–H and O–H groups in total. The molecule has 0 aliphatic carbocycles. The first-order valence-corrected chi connectivity index (χ1v) is 14.1. The van der Waals surface area contributed by atoms with Gasteiger partial charge in [0.2, 0.25) is 5.79 Å². The summed E-state index contributed by atoms with van der Waals surface area (Å²) in [6, 6.07) is 10.1. The molecular weight excluding hydrogens is 412 g/mol. The lowest BCUT2D eigenvalue weighted by atomic mass is 9.95. The molecule has 4 atom stereocenters. The van der Waals surface area contributed by atoms with E-state index in [0.717, 1.165) is 5.56 Å². The lowest BCUT2D eigenvalue weighted by Gasteiger charge is -2.47. The van der Waals surface area contributed by atoms with E-state index < -0.39 is 19.9 Å². The maximum Gasteiger partial charge on any atom is 0.220 e. The Hall–Kier alpha value is -0.803. The Balaban J connectivity index is 1.73. The molecule has 0 amide bonds. The third-order valence-corrected chi connectivity index (χ3v) is 11.2. The van der Waals surface area contributed by atoms with Crippen molar-refractivity contribution in [2.75, 3.05) is 20.3 Å². The first-order chi connectivity index (χ1) is 14.4. The number of rotatable bonds is 8. The van der Waals surface area contributed by atoms with Crippen LogP contribution in [0.5, 0.6) is 0 Å². The van der Waals surface area contributed by atoms with Gasteiger partial charge in [0.1, 0.15) is 6.10 Å². The molecule has 0 unspecified atom stereocenters. The van der Waals surface area contributed by atoms with Crippen molar-refractivity contribution in [2.24, 2.45) is 0 Å². The fourth-order valence-electron chi connectivity index (χ4n) is 3.86. The molecule has 2 saturated heterocycles. The van der Waals surface area contributed by atoms with Crippen molar-refractivity contribution in [1.29, 1.82) is 0 Å². The molecule has 31 heavy (non-hydrogen) atoms. The quantitative estimate of drug-likeness (QED) is 0.524. The van der Waals surface area contributed by atoms with Crippen LogP contribution >= 0.6 is 0 Å². The zero-order valence-corrected chi connectivity index (χ0v) is 21.4. The van der Waals surface area contributed by atoms with E-state index in [4.69, 9.17) is 28.1 Å². The second kappa shape index (κ2) is 9.21. The number of fused-ring (bicyclic) bond motifs is 1. The van der Waals surface area contributed by atoms with Crippen molar-refractivity contribution in [2.45, 2.75) is 95.7 Å². The molecular formula is C24H40O6Si. The minimum atomic E-state index is -2.01. The number of ether oxygens (including phenoxy) is 5. The van der Waals surface area contributed by atoms with Crippen molar-refractivity contribution >= 4 is 8.32 Å². The van der Waals surface area contributed by atoms with E-state index in [1.54, 1.807) is 7.11 Å². The molecule has 0 bridgehead atoms. The molecule has 7 heteroatoms. The Morgan fingerprint density at radius 2 is 1.74 bits per heavy atom. The fourth-order valence-corrected chi connectivity index (χ4v) is 4.85. The summed E-state index contributed by atoms with van der Waals surface area (Å²) in [4.78, 5) is 0. The molecule has 176 valence electrons. The minimum Gasteiger partial charge on any atom is -0.411 e. The largest absolute Gasteiger partial charge is 0.411 e. The van der Waals surface area contributed by atoms with Crippen molar-refractivity contribution in [3.05, 3.63) is 35.9 Å². The van der Waals surface area contributed by atoms with Crippen molar-refractivity contribution in [3.8, 4) is 0 Å². The molecule has 1 aromatic carbocycles. The van der Waals surface area contributed by atoms with Gasteiger partial charge in [-0.05, 0) is 37.5 Å². The minimum absolute atomic E-state index is 0.0838. The molecule has 2 heterocycles. The van der Waals surface area contributed by atoms with Crippen LogP contribution < -0.4 is 0 Å². The summed E-state index contributed by atoms with van der Waals surface area (Å²) >= 11 is 0. The summed E-state index contributed by atoms with van der Waals surface area (Å²) in [6.45, 7) is 16.3. The van der Waals surface area contributed by atoms with E-state index in [1.165, 1.54) is 0 Å². The van der Waals surface area contributed by atoms with E-state index in [-0.39, 0.29) is 23.4 Å². The second-order valence-electron chi connectivity index (χ2n) is 10.6. The first kappa shape index (κ1) is 24.8. The van der Waals surface area contributed by atoms with Gasteiger partial charge in [-0.25, -0.2) is 0 Å². The third-order valence-electron chi connectivity index (χ3n) is 6.68. The monoisotopic (exact) mass is 452 g/mol. The molecule has 0 saturated carbocycles. The zero-order valence-electron chi connectivity index (χ0n) is 20.4. The summed E-state index contributed by atoms with van der Waals surface area (Å²) in [5, 5.41) is 0.0838. The highest BCUT2D eigenvalue weighted by atomic mass is 28.4. The molecule has 0 aromatic heterocycles. The Labute approximate surface area is 188 Å². The molecule has 2 aliphatic rings. The van der Waals surface area contributed by atoms with Gasteiger partial charge in [-0.2, -0.15) is 0 Å². The van der Waals surface area contributed by atoms with Gasteiger partial charge in [0.05, 0.1) is 32.0 Å². The lowest BCUT2D eigenvalue weighted by Crippen LogP contribution is -2.62. The Bertz CT molecular complexity index is 717. The second-order valence-corrected chi connectivity index (χ2v) is 15.4. The zero-order chi connectivity index (χ0) is 22.9. The average Bonchev–Trinajstić information content (AvgIpc) is 3.00. The molecule has 2 aliphatic heterocycles. The van der Waals surface area contributed by atoms with Gasteiger partial charge in [0, 0.05) is 13.5 Å². The van der Waals surface area contributed by atoms with Crippen molar-refractivity contribution in [3.63, 3.8) is 0 Å². The van der Waals surface area contributed by atoms with Crippen molar-refractivity contribution in [1.82, 2.24) is 0 Å². The van der Waals surface area contributed by atoms with Crippen LogP contribution in [-0.2, 0) is 34.7 Å². The first-order valence-electron chi connectivity index (χ1n) is 11.2. The molecule has 0 spiro atoms. The highest BCUT2D eigenvalue weighted by molar-refractivity contribution is 6.74. The van der Waals surface area contributed by atoms with Crippen LogP contribution in [0.15, 0.2) is 30.3 Å². The Morgan fingerprint density at radius 1 is 1.06 bits per heavy atom. The molecule has 6 nitrogen and oxygen atoms in total. The van der Waals surface area contributed by atoms with E-state index >= 15 is 0 Å². The van der Waals surface area contributed by atoms with Gasteiger partial charge in [-0.3, -0.25) is 0 Å². The highest BCUT2D eigenvalue weighted by Crippen LogP contribution is 2.44. The van der Waals surface area contributed by atoms with Gasteiger partial charge < -0.3 is 28.1 Å². The topological polar surface area (TPSA) is 55.4 Å². The highest BCUT2D eigenvalue weighted by Gasteiger charge is 2.59. The number of benzene rings is 1. The lowest BCUT2D eigenvalue weighted by molar-refractivity contribution is -0.333. The maximum atomic E-state index is 6.54. The van der Waals surface area contributed by atoms with Gasteiger partial charge in [-0.1, -0.05) is 51.1 Å². The Kier molecular flexibility index (Phi) is 7.38. The average molecular weight is 453 g/mol. The number of hydrogen-bond acceptors (Lipinski definition) is 6. The summed E-state index contributed by atoms with van der Waals surface area (Å²) < 4.78 is 37.5. The van der Waals surface area contributed by atoms with E-state index in [0.29, 0.717) is 26.2 Å². The standard InChI is InChI=1S/C24H40O6Si/c1-22(2,3)31(7,8)27-17-24(25-6)21-20(29-23(4,5)30-21)14-19(28-24)16-26-15-18-12-10-9-11-13-18/h9-13,19-21H,14-17H2,1-8H3/t19-,20-,21-,24-/m1/s1. The predicted octanol–water partition coefficient (Wildman–Crippen LogP) is 4.88.